The Morgan fingerprint density at radius 3 is 2.50 bits per heavy atom. The van der Waals surface area contributed by atoms with Gasteiger partial charge in [-0.05, 0) is 49.4 Å². The summed E-state index contributed by atoms with van der Waals surface area (Å²) in [5.41, 5.74) is 7.08. The van der Waals surface area contributed by atoms with Crippen LogP contribution in [-0.2, 0) is 19.4 Å². The number of amides is 2. The first-order valence-corrected chi connectivity index (χ1v) is 10.5. The number of rotatable bonds is 5. The maximum Gasteiger partial charge on any atom is 0.248 e. The second-order valence-electron chi connectivity index (χ2n) is 6.10. The molecule has 1 aliphatic rings. The number of thioether (sulfide) groups is 1. The van der Waals surface area contributed by atoms with E-state index in [0.29, 0.717) is 6.42 Å². The van der Waals surface area contributed by atoms with Crippen LogP contribution < -0.4 is 10.9 Å². The Bertz CT molecular complexity index is 732. The molecule has 2 rings (SSSR count). The van der Waals surface area contributed by atoms with Crippen LogP contribution in [0.5, 0.6) is 0 Å². The third kappa shape index (κ3) is 5.83. The predicted octanol–water partition coefficient (Wildman–Crippen LogP) is 1.37. The molecule has 0 unspecified atom stereocenters. The van der Waals surface area contributed by atoms with Crippen molar-refractivity contribution in [2.24, 2.45) is 5.92 Å². The van der Waals surface area contributed by atoms with E-state index in [0.717, 1.165) is 4.90 Å². The van der Waals surface area contributed by atoms with Crippen molar-refractivity contribution in [3.8, 4) is 0 Å². The van der Waals surface area contributed by atoms with Crippen LogP contribution in [0.4, 0.5) is 0 Å². The van der Waals surface area contributed by atoms with Gasteiger partial charge in [0.2, 0.25) is 11.8 Å². The van der Waals surface area contributed by atoms with E-state index >= 15 is 0 Å². The van der Waals surface area contributed by atoms with Gasteiger partial charge in [0.05, 0.1) is 17.3 Å². The Morgan fingerprint density at radius 2 is 1.88 bits per heavy atom. The molecule has 1 atom stereocenters. The van der Waals surface area contributed by atoms with Gasteiger partial charge in [-0.25, -0.2) is 8.42 Å². The molecule has 0 bridgehead atoms. The van der Waals surface area contributed by atoms with Crippen LogP contribution in [0.3, 0.4) is 0 Å². The lowest BCUT2D eigenvalue weighted by atomic mass is 10.1. The minimum atomic E-state index is -2.99. The van der Waals surface area contributed by atoms with Crippen LogP contribution in [0, 0.1) is 19.8 Å². The van der Waals surface area contributed by atoms with Gasteiger partial charge >= 0.3 is 0 Å². The summed E-state index contributed by atoms with van der Waals surface area (Å²) in [5, 5.41) is 0. The SMILES string of the molecule is Cc1ccc(SCC(=O)NNC(=O)C[C@H]2CCS(=O)(=O)C2)cc1C. The monoisotopic (exact) mass is 370 g/mol. The zero-order valence-electron chi connectivity index (χ0n) is 13.8. The summed E-state index contributed by atoms with van der Waals surface area (Å²) >= 11 is 1.39. The number of carbonyl (C=O) groups excluding carboxylic acids is 2. The average molecular weight is 370 g/mol. The van der Waals surface area contributed by atoms with Gasteiger partial charge in [0.1, 0.15) is 0 Å². The highest BCUT2D eigenvalue weighted by Gasteiger charge is 2.29. The van der Waals surface area contributed by atoms with Crippen LogP contribution in [-0.4, -0.2) is 37.5 Å². The van der Waals surface area contributed by atoms with Crippen molar-refractivity contribution in [1.82, 2.24) is 10.9 Å². The number of nitrogens with one attached hydrogen (secondary N) is 2. The first kappa shape index (κ1) is 18.8. The van der Waals surface area contributed by atoms with Crippen LogP contribution in [0.25, 0.3) is 0 Å². The molecule has 0 radical (unpaired) electrons. The molecule has 1 aromatic rings. The first-order valence-electron chi connectivity index (χ1n) is 7.73. The lowest BCUT2D eigenvalue weighted by Gasteiger charge is -2.10. The smallest absolute Gasteiger partial charge is 0.248 e. The van der Waals surface area contributed by atoms with Crippen molar-refractivity contribution in [1.29, 1.82) is 0 Å². The second-order valence-corrected chi connectivity index (χ2v) is 9.38. The van der Waals surface area contributed by atoms with E-state index in [1.807, 2.05) is 32.0 Å². The number of aryl methyl sites for hydroxylation is 2. The van der Waals surface area contributed by atoms with E-state index in [4.69, 9.17) is 0 Å². The molecule has 6 nitrogen and oxygen atoms in total. The minimum Gasteiger partial charge on any atom is -0.273 e. The highest BCUT2D eigenvalue weighted by atomic mass is 32.2. The molecule has 1 heterocycles. The maximum atomic E-state index is 11.8. The summed E-state index contributed by atoms with van der Waals surface area (Å²) < 4.78 is 22.7. The summed E-state index contributed by atoms with van der Waals surface area (Å²) in [6.07, 6.45) is 0.621. The van der Waals surface area contributed by atoms with Gasteiger partial charge in [0.15, 0.2) is 9.84 Å². The van der Waals surface area contributed by atoms with Crippen LogP contribution in [0.1, 0.15) is 24.0 Å². The van der Waals surface area contributed by atoms with Crippen molar-refractivity contribution >= 4 is 33.4 Å². The number of sulfone groups is 1. The Labute approximate surface area is 146 Å². The summed E-state index contributed by atoms with van der Waals surface area (Å²) in [6.45, 7) is 4.05. The number of hydrazine groups is 1. The van der Waals surface area contributed by atoms with Crippen molar-refractivity contribution < 1.29 is 18.0 Å². The summed E-state index contributed by atoms with van der Waals surface area (Å²) in [4.78, 5) is 24.5. The van der Waals surface area contributed by atoms with E-state index in [1.165, 1.54) is 22.9 Å². The molecule has 24 heavy (non-hydrogen) atoms. The van der Waals surface area contributed by atoms with E-state index in [2.05, 4.69) is 10.9 Å². The number of benzene rings is 1. The molecule has 0 saturated carbocycles. The molecule has 1 aliphatic heterocycles. The predicted molar refractivity (Wildman–Crippen MR) is 94.3 cm³/mol. The molecule has 8 heteroatoms. The maximum absolute atomic E-state index is 11.8. The summed E-state index contributed by atoms with van der Waals surface area (Å²) in [7, 11) is -2.99. The minimum absolute atomic E-state index is 0.0526. The Morgan fingerprint density at radius 1 is 1.17 bits per heavy atom. The highest BCUT2D eigenvalue weighted by molar-refractivity contribution is 8.00. The van der Waals surface area contributed by atoms with Gasteiger partial charge in [0, 0.05) is 11.3 Å². The molecule has 2 N–H and O–H groups in total. The molecule has 0 aliphatic carbocycles. The lowest BCUT2D eigenvalue weighted by Crippen LogP contribution is -2.43. The van der Waals surface area contributed by atoms with Gasteiger partial charge in [-0.1, -0.05) is 6.07 Å². The first-order chi connectivity index (χ1) is 11.2. The van der Waals surface area contributed by atoms with E-state index in [-0.39, 0.29) is 41.4 Å². The fourth-order valence-corrected chi connectivity index (χ4v) is 5.13. The van der Waals surface area contributed by atoms with E-state index < -0.39 is 9.84 Å². The average Bonchev–Trinajstić information content (AvgIpc) is 2.85. The molecular formula is C16H22N2O4S2. The largest absolute Gasteiger partial charge is 0.273 e. The third-order valence-corrected chi connectivity index (χ3v) is 6.82. The van der Waals surface area contributed by atoms with Crippen molar-refractivity contribution in [2.75, 3.05) is 17.3 Å². The molecule has 0 aromatic heterocycles. The summed E-state index contributed by atoms with van der Waals surface area (Å²) in [6, 6.07) is 5.98. The number of carbonyl (C=O) groups is 2. The molecule has 132 valence electrons. The van der Waals surface area contributed by atoms with E-state index in [1.54, 1.807) is 0 Å². The van der Waals surface area contributed by atoms with Crippen LogP contribution >= 0.6 is 11.8 Å². The Hall–Kier alpha value is -1.54. The molecule has 0 spiro atoms. The second kappa shape index (κ2) is 8.02. The van der Waals surface area contributed by atoms with Gasteiger partial charge in [-0.3, -0.25) is 20.4 Å². The van der Waals surface area contributed by atoms with Crippen molar-refractivity contribution in [2.45, 2.75) is 31.6 Å². The fourth-order valence-electron chi connectivity index (χ4n) is 2.47. The lowest BCUT2D eigenvalue weighted by molar-refractivity contribution is -0.128. The molecule has 1 saturated heterocycles. The number of hydrogen-bond acceptors (Lipinski definition) is 5. The van der Waals surface area contributed by atoms with Gasteiger partial charge < -0.3 is 0 Å². The molecule has 1 aromatic carbocycles. The number of hydrogen-bond donors (Lipinski definition) is 2. The highest BCUT2D eigenvalue weighted by Crippen LogP contribution is 2.22. The third-order valence-electron chi connectivity index (χ3n) is 3.99. The van der Waals surface area contributed by atoms with Gasteiger partial charge in [-0.15, -0.1) is 11.8 Å². The normalized spacial score (nSPS) is 19.0. The fraction of sp³-hybridized carbons (Fsp3) is 0.500. The van der Waals surface area contributed by atoms with Crippen LogP contribution in [0.15, 0.2) is 23.1 Å². The van der Waals surface area contributed by atoms with Gasteiger partial charge in [0.25, 0.3) is 0 Å². The molecule has 2 amide bonds. The zero-order valence-corrected chi connectivity index (χ0v) is 15.4. The van der Waals surface area contributed by atoms with Crippen LogP contribution in [0.2, 0.25) is 0 Å². The standard InChI is InChI=1S/C16H22N2O4S2/c1-11-3-4-14(7-12(11)2)23-9-16(20)18-17-15(19)8-13-5-6-24(21,22)10-13/h3-4,7,13H,5-6,8-10H2,1-2H3,(H,17,19)(H,18,20)/t13-/m1/s1. The topological polar surface area (TPSA) is 92.3 Å². The van der Waals surface area contributed by atoms with Crippen molar-refractivity contribution in [3.63, 3.8) is 0 Å². The van der Waals surface area contributed by atoms with Crippen molar-refractivity contribution in [3.05, 3.63) is 29.3 Å². The zero-order chi connectivity index (χ0) is 17.7. The quantitative estimate of drug-likeness (QED) is 0.603. The Kier molecular flexibility index (Phi) is 6.28. The van der Waals surface area contributed by atoms with Gasteiger partial charge in [-0.2, -0.15) is 0 Å². The Balaban J connectivity index is 1.69. The van der Waals surface area contributed by atoms with E-state index in [9.17, 15) is 18.0 Å². The molecule has 1 fully saturated rings. The molecular weight excluding hydrogens is 348 g/mol. The summed E-state index contributed by atoms with van der Waals surface area (Å²) in [5.74, 6) is -0.425.